The lowest BCUT2D eigenvalue weighted by molar-refractivity contribution is -0.116. The summed E-state index contributed by atoms with van der Waals surface area (Å²) in [5.74, 6) is -0.131. The van der Waals surface area contributed by atoms with Crippen molar-refractivity contribution in [2.24, 2.45) is 4.99 Å². The molecule has 0 radical (unpaired) electrons. The molecule has 2 nitrogen and oxygen atoms in total. The number of benzene rings is 1. The molecule has 1 aliphatic rings. The Morgan fingerprint density at radius 1 is 1.33 bits per heavy atom. The highest BCUT2D eigenvalue weighted by Crippen LogP contribution is 2.04. The smallest absolute Gasteiger partial charge is 0.263 e. The molecule has 1 amide bonds. The zero-order valence-electron chi connectivity index (χ0n) is 6.20. The van der Waals surface area contributed by atoms with E-state index in [0.717, 1.165) is 10.6 Å². The molecule has 1 unspecified atom stereocenters. The summed E-state index contributed by atoms with van der Waals surface area (Å²) >= 11 is 3.22. The van der Waals surface area contributed by atoms with Crippen LogP contribution in [0.4, 0.5) is 0 Å². The Bertz CT molecular complexity index is 438. The molecular formula is C9H6BrNO. The number of amides is 1. The van der Waals surface area contributed by atoms with Crippen LogP contribution in [0.25, 0.3) is 6.08 Å². The summed E-state index contributed by atoms with van der Waals surface area (Å²) in [5.41, 5.74) is 0. The molecule has 0 aliphatic carbocycles. The number of nitrogens with zero attached hydrogens (tertiary/aromatic N) is 1. The van der Waals surface area contributed by atoms with Crippen molar-refractivity contribution >= 4 is 27.9 Å². The first-order chi connectivity index (χ1) is 5.77. The lowest BCUT2D eigenvalue weighted by Crippen LogP contribution is -2.33. The number of carbonyl (C=O) groups is 1. The largest absolute Gasteiger partial charge is 0.271 e. The molecule has 0 bridgehead atoms. The van der Waals surface area contributed by atoms with Crippen LogP contribution in [0.2, 0.25) is 0 Å². The maximum absolute atomic E-state index is 11.1. The van der Waals surface area contributed by atoms with Crippen molar-refractivity contribution in [2.45, 2.75) is 4.83 Å². The van der Waals surface area contributed by atoms with Gasteiger partial charge in [-0.1, -0.05) is 40.2 Å². The molecule has 0 N–H and O–H groups in total. The molecule has 0 aromatic heterocycles. The highest BCUT2D eigenvalue weighted by Gasteiger charge is 2.13. The molecule has 12 heavy (non-hydrogen) atoms. The number of para-hydroxylation sites is 1. The van der Waals surface area contributed by atoms with Crippen LogP contribution in [0.15, 0.2) is 29.3 Å². The first-order valence-electron chi connectivity index (χ1n) is 3.61. The molecule has 1 aromatic rings. The Hall–Kier alpha value is -0.960. The zero-order valence-corrected chi connectivity index (χ0v) is 7.78. The van der Waals surface area contributed by atoms with Crippen LogP contribution >= 0.6 is 15.9 Å². The van der Waals surface area contributed by atoms with Gasteiger partial charge in [0.15, 0.2) is 0 Å². The summed E-state index contributed by atoms with van der Waals surface area (Å²) in [6, 6.07) is 7.58. The minimum atomic E-state index is -0.257. The Labute approximate surface area is 77.8 Å². The minimum Gasteiger partial charge on any atom is -0.271 e. The first kappa shape index (κ1) is 7.68. The van der Waals surface area contributed by atoms with Gasteiger partial charge in [-0.2, -0.15) is 0 Å². The SMILES string of the molecule is O=C1N=c2ccccc2=CC1Br. The molecule has 0 saturated carbocycles. The summed E-state index contributed by atoms with van der Waals surface area (Å²) in [7, 11) is 0. The normalized spacial score (nSPS) is 20.8. The van der Waals surface area contributed by atoms with Crippen molar-refractivity contribution in [1.82, 2.24) is 0 Å². The standard InChI is InChI=1S/C9H6BrNO/c10-7-5-6-3-1-2-4-8(6)11-9(7)12/h1-5,7H. The molecule has 1 heterocycles. The van der Waals surface area contributed by atoms with E-state index in [9.17, 15) is 4.79 Å². The van der Waals surface area contributed by atoms with Gasteiger partial charge in [0.05, 0.1) is 5.36 Å². The van der Waals surface area contributed by atoms with Gasteiger partial charge in [0.25, 0.3) is 5.91 Å². The quantitative estimate of drug-likeness (QED) is 0.586. The fraction of sp³-hybridized carbons (Fsp3) is 0.111. The van der Waals surface area contributed by atoms with E-state index in [0.29, 0.717) is 0 Å². The zero-order chi connectivity index (χ0) is 8.55. The average Bonchev–Trinajstić information content (AvgIpc) is 2.07. The number of fused-ring (bicyclic) bond motifs is 1. The number of alkyl halides is 1. The van der Waals surface area contributed by atoms with E-state index < -0.39 is 0 Å². The van der Waals surface area contributed by atoms with Crippen LogP contribution in [0.3, 0.4) is 0 Å². The minimum absolute atomic E-state index is 0.131. The predicted molar refractivity (Wildman–Crippen MR) is 49.4 cm³/mol. The van der Waals surface area contributed by atoms with Crippen LogP contribution in [-0.4, -0.2) is 10.7 Å². The number of hydrogen-bond donors (Lipinski definition) is 0. The summed E-state index contributed by atoms with van der Waals surface area (Å²) in [4.78, 5) is 14.8. The second-order valence-electron chi connectivity index (χ2n) is 2.58. The van der Waals surface area contributed by atoms with Gasteiger partial charge in [-0.25, -0.2) is 4.99 Å². The highest BCUT2D eigenvalue weighted by atomic mass is 79.9. The molecule has 1 aromatic carbocycles. The Morgan fingerprint density at radius 2 is 2.08 bits per heavy atom. The molecule has 0 saturated heterocycles. The van der Waals surface area contributed by atoms with Gasteiger partial charge in [-0.05, 0) is 11.3 Å². The van der Waals surface area contributed by atoms with Gasteiger partial charge >= 0.3 is 0 Å². The topological polar surface area (TPSA) is 29.4 Å². The third-order valence-electron chi connectivity index (χ3n) is 1.73. The first-order valence-corrected chi connectivity index (χ1v) is 4.52. The Kier molecular flexibility index (Phi) is 1.81. The number of rotatable bonds is 0. The van der Waals surface area contributed by atoms with Crippen LogP contribution in [-0.2, 0) is 4.79 Å². The fourth-order valence-corrected chi connectivity index (χ4v) is 1.53. The number of hydrogen-bond acceptors (Lipinski definition) is 1. The van der Waals surface area contributed by atoms with Crippen molar-refractivity contribution in [3.05, 3.63) is 34.8 Å². The van der Waals surface area contributed by atoms with Gasteiger partial charge in [0, 0.05) is 0 Å². The van der Waals surface area contributed by atoms with E-state index in [-0.39, 0.29) is 10.7 Å². The Balaban J connectivity index is 2.79. The monoisotopic (exact) mass is 223 g/mol. The van der Waals surface area contributed by atoms with Crippen LogP contribution < -0.4 is 10.6 Å². The highest BCUT2D eigenvalue weighted by molar-refractivity contribution is 9.10. The second kappa shape index (κ2) is 2.83. The third kappa shape index (κ3) is 1.20. The maximum Gasteiger partial charge on any atom is 0.263 e. The number of carbonyl (C=O) groups excluding carboxylic acids is 1. The molecule has 1 atom stereocenters. The third-order valence-corrected chi connectivity index (χ3v) is 2.39. The average molecular weight is 224 g/mol. The van der Waals surface area contributed by atoms with Crippen LogP contribution in [0.1, 0.15) is 0 Å². The van der Waals surface area contributed by atoms with E-state index in [1.807, 2.05) is 30.3 Å². The van der Waals surface area contributed by atoms with Crippen LogP contribution in [0, 0.1) is 0 Å². The van der Waals surface area contributed by atoms with Gasteiger partial charge in [0.1, 0.15) is 4.83 Å². The van der Waals surface area contributed by atoms with Gasteiger partial charge in [-0.15, -0.1) is 0 Å². The predicted octanol–water partition coefficient (Wildman–Crippen LogP) is 0.390. The van der Waals surface area contributed by atoms with E-state index in [1.54, 1.807) is 0 Å². The number of halogens is 1. The van der Waals surface area contributed by atoms with E-state index in [1.165, 1.54) is 0 Å². The van der Waals surface area contributed by atoms with E-state index >= 15 is 0 Å². The lowest BCUT2D eigenvalue weighted by Gasteiger charge is -2.02. The van der Waals surface area contributed by atoms with Crippen molar-refractivity contribution in [1.29, 1.82) is 0 Å². The summed E-state index contributed by atoms with van der Waals surface area (Å²) in [6.07, 6.45) is 1.87. The molecule has 0 spiro atoms. The summed E-state index contributed by atoms with van der Waals surface area (Å²) < 4.78 is 0. The Morgan fingerprint density at radius 3 is 2.92 bits per heavy atom. The van der Waals surface area contributed by atoms with Crippen molar-refractivity contribution < 1.29 is 4.79 Å². The van der Waals surface area contributed by atoms with Gasteiger partial charge in [-0.3, -0.25) is 4.79 Å². The van der Waals surface area contributed by atoms with Crippen molar-refractivity contribution in [3.63, 3.8) is 0 Å². The molecule has 60 valence electrons. The maximum atomic E-state index is 11.1. The lowest BCUT2D eigenvalue weighted by atomic mass is 10.2. The van der Waals surface area contributed by atoms with Crippen molar-refractivity contribution in [2.75, 3.05) is 0 Å². The molecular weight excluding hydrogens is 218 g/mol. The molecule has 3 heteroatoms. The van der Waals surface area contributed by atoms with E-state index in [4.69, 9.17) is 0 Å². The molecule has 2 rings (SSSR count). The summed E-state index contributed by atoms with van der Waals surface area (Å²) in [5, 5.41) is 1.78. The van der Waals surface area contributed by atoms with E-state index in [2.05, 4.69) is 20.9 Å². The van der Waals surface area contributed by atoms with Crippen molar-refractivity contribution in [3.8, 4) is 0 Å². The van der Waals surface area contributed by atoms with Gasteiger partial charge < -0.3 is 0 Å². The van der Waals surface area contributed by atoms with Gasteiger partial charge in [0.2, 0.25) is 0 Å². The second-order valence-corrected chi connectivity index (χ2v) is 3.56. The van der Waals surface area contributed by atoms with Crippen LogP contribution in [0.5, 0.6) is 0 Å². The fourth-order valence-electron chi connectivity index (χ4n) is 1.14. The molecule has 0 fully saturated rings. The summed E-state index contributed by atoms with van der Waals surface area (Å²) in [6.45, 7) is 0. The molecule has 1 aliphatic heterocycles.